The van der Waals surface area contributed by atoms with Crippen LogP contribution in [0.4, 0.5) is 17.1 Å². The van der Waals surface area contributed by atoms with Gasteiger partial charge in [-0.25, -0.2) is 0 Å². The molecular formula is C19H23N3O3. The van der Waals surface area contributed by atoms with Crippen LogP contribution < -0.4 is 20.3 Å². The molecule has 2 rings (SSSR count). The molecule has 0 aromatic heterocycles. The third kappa shape index (κ3) is 5.53. The molecule has 2 aromatic carbocycles. The maximum absolute atomic E-state index is 12.0. The zero-order chi connectivity index (χ0) is 18.2. The molecule has 25 heavy (non-hydrogen) atoms. The molecule has 2 N–H and O–H groups in total. The summed E-state index contributed by atoms with van der Waals surface area (Å²) in [5.74, 6) is 0.603. The molecule has 0 atom stereocenters. The minimum Gasteiger partial charge on any atom is -0.494 e. The van der Waals surface area contributed by atoms with Crippen molar-refractivity contribution in [1.29, 1.82) is 0 Å². The summed E-state index contributed by atoms with van der Waals surface area (Å²) in [6, 6.07) is 14.6. The van der Waals surface area contributed by atoms with E-state index in [9.17, 15) is 9.59 Å². The van der Waals surface area contributed by atoms with Gasteiger partial charge in [0, 0.05) is 31.0 Å². The van der Waals surface area contributed by atoms with E-state index in [0.29, 0.717) is 12.3 Å². The first-order chi connectivity index (χ1) is 12.0. The summed E-state index contributed by atoms with van der Waals surface area (Å²) in [6.45, 7) is 4.21. The Balaban J connectivity index is 1.84. The van der Waals surface area contributed by atoms with Gasteiger partial charge in [-0.2, -0.15) is 0 Å². The van der Waals surface area contributed by atoms with Crippen molar-refractivity contribution < 1.29 is 14.3 Å². The number of hydrogen-bond donors (Lipinski definition) is 2. The number of ether oxygens (including phenoxy) is 1. The van der Waals surface area contributed by atoms with Crippen molar-refractivity contribution in [2.24, 2.45) is 0 Å². The van der Waals surface area contributed by atoms with Crippen LogP contribution in [0.2, 0.25) is 0 Å². The number of nitrogens with zero attached hydrogens (tertiary/aromatic N) is 1. The number of benzene rings is 2. The highest BCUT2D eigenvalue weighted by molar-refractivity contribution is 5.94. The SMILES string of the molecule is CCOc1ccc(NCC(=O)Nc2ccc(N(C)C(C)=O)cc2)cc1. The molecule has 132 valence electrons. The third-order valence-electron chi connectivity index (χ3n) is 3.63. The average Bonchev–Trinajstić information content (AvgIpc) is 2.61. The van der Waals surface area contributed by atoms with E-state index in [1.807, 2.05) is 31.2 Å². The van der Waals surface area contributed by atoms with E-state index in [1.54, 1.807) is 36.2 Å². The summed E-state index contributed by atoms with van der Waals surface area (Å²) in [5, 5.41) is 5.87. The Labute approximate surface area is 147 Å². The maximum atomic E-state index is 12.0. The maximum Gasteiger partial charge on any atom is 0.243 e. The smallest absolute Gasteiger partial charge is 0.243 e. The first kappa shape index (κ1) is 18.3. The number of carbonyl (C=O) groups excluding carboxylic acids is 2. The quantitative estimate of drug-likeness (QED) is 0.812. The number of hydrogen-bond acceptors (Lipinski definition) is 4. The molecule has 0 aliphatic heterocycles. The zero-order valence-electron chi connectivity index (χ0n) is 14.7. The van der Waals surface area contributed by atoms with E-state index in [0.717, 1.165) is 17.1 Å². The molecule has 0 aliphatic rings. The molecule has 0 aliphatic carbocycles. The minimum absolute atomic E-state index is 0.0451. The summed E-state index contributed by atoms with van der Waals surface area (Å²) in [4.78, 5) is 24.9. The predicted molar refractivity (Wildman–Crippen MR) is 100 cm³/mol. The van der Waals surface area contributed by atoms with Crippen LogP contribution in [-0.2, 0) is 9.59 Å². The van der Waals surface area contributed by atoms with Gasteiger partial charge in [-0.15, -0.1) is 0 Å². The fourth-order valence-electron chi connectivity index (χ4n) is 2.17. The van der Waals surface area contributed by atoms with Crippen LogP contribution in [0.3, 0.4) is 0 Å². The van der Waals surface area contributed by atoms with Crippen molar-refractivity contribution in [2.45, 2.75) is 13.8 Å². The van der Waals surface area contributed by atoms with Crippen molar-refractivity contribution in [1.82, 2.24) is 0 Å². The summed E-state index contributed by atoms with van der Waals surface area (Å²) in [6.07, 6.45) is 0. The normalized spacial score (nSPS) is 10.0. The topological polar surface area (TPSA) is 70.7 Å². The Morgan fingerprint density at radius 3 is 2.16 bits per heavy atom. The van der Waals surface area contributed by atoms with Crippen LogP contribution in [0.1, 0.15) is 13.8 Å². The van der Waals surface area contributed by atoms with Crippen LogP contribution in [0.5, 0.6) is 5.75 Å². The van der Waals surface area contributed by atoms with Crippen molar-refractivity contribution in [3.8, 4) is 5.75 Å². The van der Waals surface area contributed by atoms with Gasteiger partial charge in [0.05, 0.1) is 13.2 Å². The standard InChI is InChI=1S/C19H23N3O3/c1-4-25-18-11-7-15(8-12-18)20-13-19(24)21-16-5-9-17(10-6-16)22(3)14(2)23/h5-12,20H,4,13H2,1-3H3,(H,21,24). The summed E-state index contributed by atoms with van der Waals surface area (Å²) < 4.78 is 5.38. The molecular weight excluding hydrogens is 318 g/mol. The second-order valence-corrected chi connectivity index (χ2v) is 5.48. The largest absolute Gasteiger partial charge is 0.494 e. The van der Waals surface area contributed by atoms with Crippen molar-refractivity contribution >= 4 is 28.9 Å². The van der Waals surface area contributed by atoms with Gasteiger partial charge in [0.1, 0.15) is 5.75 Å². The van der Waals surface area contributed by atoms with Gasteiger partial charge >= 0.3 is 0 Å². The number of carbonyl (C=O) groups is 2. The molecule has 0 heterocycles. The van der Waals surface area contributed by atoms with Crippen LogP contribution >= 0.6 is 0 Å². The van der Waals surface area contributed by atoms with Gasteiger partial charge < -0.3 is 20.3 Å². The van der Waals surface area contributed by atoms with E-state index in [4.69, 9.17) is 4.74 Å². The average molecular weight is 341 g/mol. The van der Waals surface area contributed by atoms with Crippen LogP contribution in [0.15, 0.2) is 48.5 Å². The highest BCUT2D eigenvalue weighted by Gasteiger charge is 2.06. The molecule has 0 saturated heterocycles. The first-order valence-electron chi connectivity index (χ1n) is 8.10. The number of nitrogens with one attached hydrogen (secondary N) is 2. The highest BCUT2D eigenvalue weighted by Crippen LogP contribution is 2.17. The fourth-order valence-corrected chi connectivity index (χ4v) is 2.17. The van der Waals surface area contributed by atoms with E-state index in [-0.39, 0.29) is 18.4 Å². The first-order valence-corrected chi connectivity index (χ1v) is 8.10. The van der Waals surface area contributed by atoms with Gasteiger partial charge in [0.2, 0.25) is 11.8 Å². The molecule has 0 unspecified atom stereocenters. The zero-order valence-corrected chi connectivity index (χ0v) is 14.7. The van der Waals surface area contributed by atoms with Gasteiger partial charge in [-0.05, 0) is 55.5 Å². The highest BCUT2D eigenvalue weighted by atomic mass is 16.5. The lowest BCUT2D eigenvalue weighted by Gasteiger charge is -2.15. The second kappa shape index (κ2) is 8.73. The van der Waals surface area contributed by atoms with Crippen LogP contribution in [0.25, 0.3) is 0 Å². The number of rotatable bonds is 7. The molecule has 0 radical (unpaired) electrons. The van der Waals surface area contributed by atoms with Crippen molar-refractivity contribution in [3.63, 3.8) is 0 Å². The Hall–Kier alpha value is -3.02. The minimum atomic E-state index is -0.151. The van der Waals surface area contributed by atoms with Crippen LogP contribution in [0, 0.1) is 0 Å². The predicted octanol–water partition coefficient (Wildman–Crippen LogP) is 3.12. The van der Waals surface area contributed by atoms with Crippen molar-refractivity contribution in [2.75, 3.05) is 35.7 Å². The summed E-state index contributed by atoms with van der Waals surface area (Å²) >= 11 is 0. The lowest BCUT2D eigenvalue weighted by atomic mass is 10.2. The number of anilines is 3. The molecule has 2 aromatic rings. The van der Waals surface area contributed by atoms with Gasteiger partial charge in [0.25, 0.3) is 0 Å². The molecule has 2 amide bonds. The Kier molecular flexibility index (Phi) is 6.39. The van der Waals surface area contributed by atoms with Crippen LogP contribution in [-0.4, -0.2) is 32.0 Å². The molecule has 0 spiro atoms. The molecule has 6 heteroatoms. The lowest BCUT2D eigenvalue weighted by Crippen LogP contribution is -2.23. The molecule has 0 saturated carbocycles. The van der Waals surface area contributed by atoms with Gasteiger partial charge in [0.15, 0.2) is 0 Å². The summed E-state index contributed by atoms with van der Waals surface area (Å²) in [5.41, 5.74) is 2.30. The van der Waals surface area contributed by atoms with E-state index in [1.165, 1.54) is 6.92 Å². The fraction of sp³-hybridized carbons (Fsp3) is 0.263. The van der Waals surface area contributed by atoms with Gasteiger partial charge in [-0.3, -0.25) is 9.59 Å². The second-order valence-electron chi connectivity index (χ2n) is 5.48. The third-order valence-corrected chi connectivity index (χ3v) is 3.63. The monoisotopic (exact) mass is 341 g/mol. The van der Waals surface area contributed by atoms with E-state index in [2.05, 4.69) is 10.6 Å². The van der Waals surface area contributed by atoms with Gasteiger partial charge in [-0.1, -0.05) is 0 Å². The molecule has 6 nitrogen and oxygen atoms in total. The van der Waals surface area contributed by atoms with E-state index >= 15 is 0 Å². The van der Waals surface area contributed by atoms with Crippen molar-refractivity contribution in [3.05, 3.63) is 48.5 Å². The van der Waals surface area contributed by atoms with E-state index < -0.39 is 0 Å². The Bertz CT molecular complexity index is 712. The Morgan fingerprint density at radius 1 is 1.00 bits per heavy atom. The molecule has 0 bridgehead atoms. The lowest BCUT2D eigenvalue weighted by molar-refractivity contribution is -0.116. The summed E-state index contributed by atoms with van der Waals surface area (Å²) in [7, 11) is 1.71. The molecule has 0 fully saturated rings. The number of amides is 2. The Morgan fingerprint density at radius 2 is 1.60 bits per heavy atom.